The van der Waals surface area contributed by atoms with Crippen molar-refractivity contribution in [2.75, 3.05) is 11.1 Å². The van der Waals surface area contributed by atoms with Crippen molar-refractivity contribution in [3.8, 4) is 17.2 Å². The molecule has 4 N–H and O–H groups in total. The number of nitrogen functional groups attached to an aromatic ring is 1. The number of amides is 1. The molecule has 1 unspecified atom stereocenters. The molecule has 2 heterocycles. The zero-order chi connectivity index (χ0) is 23.4. The van der Waals surface area contributed by atoms with Gasteiger partial charge in [-0.15, -0.1) is 5.10 Å². The summed E-state index contributed by atoms with van der Waals surface area (Å²) in [5, 5.41) is 6.87. The van der Waals surface area contributed by atoms with E-state index in [0.29, 0.717) is 5.75 Å². The molecule has 0 radical (unpaired) electrons. The van der Waals surface area contributed by atoms with E-state index in [4.69, 9.17) is 33.7 Å². The topological polar surface area (TPSA) is 132 Å². The third-order valence-corrected chi connectivity index (χ3v) is 6.29. The summed E-state index contributed by atoms with van der Waals surface area (Å²) < 4.78 is 6.82. The van der Waals surface area contributed by atoms with Crippen molar-refractivity contribution in [1.29, 1.82) is 0 Å². The molecular formula is C21H19Cl2N5O4. The van der Waals surface area contributed by atoms with Crippen LogP contribution in [0.15, 0.2) is 39.9 Å². The van der Waals surface area contributed by atoms with Gasteiger partial charge >= 0.3 is 5.69 Å². The van der Waals surface area contributed by atoms with Crippen LogP contribution in [0.25, 0.3) is 5.69 Å². The molecule has 166 valence electrons. The second-order valence-electron chi connectivity index (χ2n) is 7.92. The Hall–Kier alpha value is -3.30. The Labute approximate surface area is 192 Å². The Kier molecular flexibility index (Phi) is 5.26. The number of nitrogens with one attached hydrogen (secondary N) is 2. The van der Waals surface area contributed by atoms with E-state index in [-0.39, 0.29) is 39.1 Å². The van der Waals surface area contributed by atoms with Crippen molar-refractivity contribution in [2.45, 2.75) is 26.2 Å². The molecule has 0 saturated heterocycles. The van der Waals surface area contributed by atoms with Crippen molar-refractivity contribution in [1.82, 2.24) is 14.8 Å². The van der Waals surface area contributed by atoms with Crippen molar-refractivity contribution in [2.24, 2.45) is 5.92 Å². The molecule has 2 aromatic carbocycles. The number of anilines is 2. The van der Waals surface area contributed by atoms with Crippen molar-refractivity contribution in [3.63, 3.8) is 0 Å². The van der Waals surface area contributed by atoms with Crippen LogP contribution in [-0.4, -0.2) is 20.7 Å². The Morgan fingerprint density at radius 1 is 1.12 bits per heavy atom. The fraction of sp³-hybridized carbons (Fsp3) is 0.238. The monoisotopic (exact) mass is 475 g/mol. The van der Waals surface area contributed by atoms with Gasteiger partial charge in [0, 0.05) is 5.69 Å². The van der Waals surface area contributed by atoms with Crippen molar-refractivity contribution in [3.05, 3.63) is 66.8 Å². The Balaban J connectivity index is 1.73. The summed E-state index contributed by atoms with van der Waals surface area (Å²) in [5.41, 5.74) is 4.94. The molecule has 0 saturated carbocycles. The predicted molar refractivity (Wildman–Crippen MR) is 122 cm³/mol. The van der Waals surface area contributed by atoms with Crippen LogP contribution in [0, 0.1) is 5.92 Å². The standard InChI is InChI=1S/C21H19Cl2N5O4/c1-9(2)21(3)12-8-11(4-5-15(12)25-19(21)30)32-16-13(22)6-10(7-14(16)23)28-20(31)26-18(29)17(24)27-28/h4-9H,1-3H3,(H2,24,27)(H,25,30)(H,26,29,31). The van der Waals surface area contributed by atoms with E-state index in [2.05, 4.69) is 15.4 Å². The summed E-state index contributed by atoms with van der Waals surface area (Å²) in [5.74, 6) is 0.198. The lowest BCUT2D eigenvalue weighted by Gasteiger charge is -2.27. The van der Waals surface area contributed by atoms with Gasteiger partial charge in [-0.3, -0.25) is 14.6 Å². The summed E-state index contributed by atoms with van der Waals surface area (Å²) in [4.78, 5) is 38.1. The van der Waals surface area contributed by atoms with Crippen LogP contribution >= 0.6 is 23.2 Å². The largest absolute Gasteiger partial charge is 0.454 e. The van der Waals surface area contributed by atoms with Crippen LogP contribution < -0.4 is 27.0 Å². The first-order valence-corrected chi connectivity index (χ1v) is 10.4. The van der Waals surface area contributed by atoms with Gasteiger partial charge in [-0.05, 0) is 48.7 Å². The first kappa shape index (κ1) is 21.9. The number of hydrogen-bond acceptors (Lipinski definition) is 6. The summed E-state index contributed by atoms with van der Waals surface area (Å²) >= 11 is 12.8. The maximum Gasteiger partial charge on any atom is 0.349 e. The third-order valence-electron chi connectivity index (χ3n) is 5.73. The maximum absolute atomic E-state index is 12.6. The van der Waals surface area contributed by atoms with E-state index in [0.717, 1.165) is 15.9 Å². The Morgan fingerprint density at radius 3 is 2.41 bits per heavy atom. The molecule has 1 atom stereocenters. The Bertz CT molecular complexity index is 1360. The van der Waals surface area contributed by atoms with Gasteiger partial charge in [0.2, 0.25) is 11.7 Å². The van der Waals surface area contributed by atoms with Crippen LogP contribution in [0.5, 0.6) is 11.5 Å². The molecule has 0 aliphatic carbocycles. The zero-order valence-corrected chi connectivity index (χ0v) is 18.8. The number of rotatable bonds is 4. The first-order valence-electron chi connectivity index (χ1n) is 9.64. The molecule has 0 spiro atoms. The van der Waals surface area contributed by atoms with Gasteiger partial charge in [-0.2, -0.15) is 4.68 Å². The number of carbonyl (C=O) groups excluding carboxylic acids is 1. The molecule has 32 heavy (non-hydrogen) atoms. The molecule has 11 heteroatoms. The van der Waals surface area contributed by atoms with Gasteiger partial charge in [0.15, 0.2) is 5.75 Å². The minimum Gasteiger partial charge on any atom is -0.454 e. The van der Waals surface area contributed by atoms with E-state index in [9.17, 15) is 14.4 Å². The van der Waals surface area contributed by atoms with Gasteiger partial charge < -0.3 is 15.8 Å². The van der Waals surface area contributed by atoms with E-state index in [1.807, 2.05) is 20.8 Å². The van der Waals surface area contributed by atoms with Crippen molar-refractivity contribution < 1.29 is 9.53 Å². The quantitative estimate of drug-likeness (QED) is 0.529. The second kappa shape index (κ2) is 7.68. The number of halogens is 2. The molecule has 1 aliphatic rings. The van der Waals surface area contributed by atoms with Crippen molar-refractivity contribution >= 4 is 40.6 Å². The molecule has 1 aromatic heterocycles. The molecule has 9 nitrogen and oxygen atoms in total. The highest BCUT2D eigenvalue weighted by Gasteiger charge is 2.45. The van der Waals surface area contributed by atoms with Crippen LogP contribution in [-0.2, 0) is 10.2 Å². The van der Waals surface area contributed by atoms with E-state index in [1.165, 1.54) is 12.1 Å². The molecule has 1 amide bonds. The lowest BCUT2D eigenvalue weighted by atomic mass is 9.74. The van der Waals surface area contributed by atoms with Crippen LogP contribution in [0.1, 0.15) is 26.3 Å². The highest BCUT2D eigenvalue weighted by atomic mass is 35.5. The number of benzene rings is 2. The normalized spacial score (nSPS) is 17.4. The molecule has 4 rings (SSSR count). The average Bonchev–Trinajstić information content (AvgIpc) is 2.98. The number of aromatic nitrogens is 3. The van der Waals surface area contributed by atoms with Gasteiger partial charge in [0.25, 0.3) is 5.56 Å². The third kappa shape index (κ3) is 3.43. The van der Waals surface area contributed by atoms with Gasteiger partial charge in [-0.1, -0.05) is 37.0 Å². The molecule has 0 bridgehead atoms. The number of carbonyl (C=O) groups is 1. The summed E-state index contributed by atoms with van der Waals surface area (Å²) in [6, 6.07) is 8.05. The lowest BCUT2D eigenvalue weighted by Crippen LogP contribution is -2.36. The number of nitrogens with two attached hydrogens (primary N) is 1. The van der Waals surface area contributed by atoms with Crippen LogP contribution in [0.3, 0.4) is 0 Å². The predicted octanol–water partition coefficient (Wildman–Crippen LogP) is 3.47. The zero-order valence-electron chi connectivity index (χ0n) is 17.3. The lowest BCUT2D eigenvalue weighted by molar-refractivity contribution is -0.121. The number of aromatic amines is 1. The van der Waals surface area contributed by atoms with E-state index >= 15 is 0 Å². The number of fused-ring (bicyclic) bond motifs is 1. The smallest absolute Gasteiger partial charge is 0.349 e. The van der Waals surface area contributed by atoms with E-state index < -0.39 is 16.7 Å². The highest BCUT2D eigenvalue weighted by molar-refractivity contribution is 6.37. The Morgan fingerprint density at radius 2 is 1.78 bits per heavy atom. The summed E-state index contributed by atoms with van der Waals surface area (Å²) in [7, 11) is 0. The average molecular weight is 476 g/mol. The molecule has 3 aromatic rings. The van der Waals surface area contributed by atoms with Crippen LogP contribution in [0.2, 0.25) is 10.0 Å². The fourth-order valence-electron chi connectivity index (χ4n) is 3.54. The van der Waals surface area contributed by atoms with Gasteiger partial charge in [-0.25, -0.2) is 4.79 Å². The number of H-pyrrole nitrogens is 1. The van der Waals surface area contributed by atoms with Gasteiger partial charge in [0.05, 0.1) is 21.1 Å². The number of nitrogens with zero attached hydrogens (tertiary/aromatic N) is 2. The van der Waals surface area contributed by atoms with Crippen LogP contribution in [0.4, 0.5) is 11.5 Å². The first-order chi connectivity index (χ1) is 15.0. The minimum absolute atomic E-state index is 0.0565. The molecular weight excluding hydrogens is 457 g/mol. The molecule has 1 aliphatic heterocycles. The summed E-state index contributed by atoms with van der Waals surface area (Å²) in [6.45, 7) is 5.85. The number of ether oxygens (including phenoxy) is 1. The van der Waals surface area contributed by atoms with Gasteiger partial charge in [0.1, 0.15) is 5.75 Å². The fourth-order valence-corrected chi connectivity index (χ4v) is 4.10. The van der Waals surface area contributed by atoms with E-state index in [1.54, 1.807) is 18.2 Å². The maximum atomic E-state index is 12.6. The SMILES string of the molecule is CC(C)C1(C)C(=O)Nc2ccc(Oc3c(Cl)cc(-n4nc(N)c(=O)[nH]c4=O)cc3Cl)cc21. The second-order valence-corrected chi connectivity index (χ2v) is 8.73. The number of hydrogen-bond donors (Lipinski definition) is 3. The molecule has 0 fully saturated rings. The summed E-state index contributed by atoms with van der Waals surface area (Å²) in [6.07, 6.45) is 0. The minimum atomic E-state index is -0.797. The highest BCUT2D eigenvalue weighted by Crippen LogP contribution is 2.45.